The van der Waals surface area contributed by atoms with Crippen LogP contribution < -0.4 is 5.32 Å². The molecule has 1 aromatic carbocycles. The Hall–Kier alpha value is -1.84. The zero-order valence-corrected chi connectivity index (χ0v) is 14.8. The largest absolute Gasteiger partial charge is 0.356 e. The van der Waals surface area contributed by atoms with Crippen LogP contribution in [0.2, 0.25) is 0 Å². The summed E-state index contributed by atoms with van der Waals surface area (Å²) in [4.78, 5) is 17.4. The van der Waals surface area contributed by atoms with Crippen LogP contribution in [0.5, 0.6) is 0 Å². The van der Waals surface area contributed by atoms with Crippen molar-refractivity contribution in [1.82, 2.24) is 14.9 Å². The molecule has 4 saturated carbocycles. The van der Waals surface area contributed by atoms with E-state index in [0.29, 0.717) is 5.91 Å². The molecule has 1 aromatic heterocycles. The fraction of sp³-hybridized carbons (Fsp3) is 0.619. The monoisotopic (exact) mass is 337 g/mol. The first-order valence-electron chi connectivity index (χ1n) is 9.90. The van der Waals surface area contributed by atoms with E-state index >= 15 is 0 Å². The fourth-order valence-corrected chi connectivity index (χ4v) is 6.22. The van der Waals surface area contributed by atoms with Gasteiger partial charge in [-0.2, -0.15) is 0 Å². The Morgan fingerprint density at radius 2 is 1.80 bits per heavy atom. The molecule has 132 valence electrons. The molecule has 1 amide bonds. The van der Waals surface area contributed by atoms with Crippen molar-refractivity contribution in [2.24, 2.45) is 23.2 Å². The lowest BCUT2D eigenvalue weighted by Gasteiger charge is -2.55. The molecule has 25 heavy (non-hydrogen) atoms. The second-order valence-electron chi connectivity index (χ2n) is 8.73. The summed E-state index contributed by atoms with van der Waals surface area (Å²) in [5, 5.41) is 3.28. The van der Waals surface area contributed by atoms with Crippen molar-refractivity contribution in [3.05, 3.63) is 30.6 Å². The van der Waals surface area contributed by atoms with Crippen LogP contribution in [0.25, 0.3) is 11.0 Å². The third-order valence-electron chi connectivity index (χ3n) is 6.91. The van der Waals surface area contributed by atoms with Crippen LogP contribution in [0, 0.1) is 23.2 Å². The second-order valence-corrected chi connectivity index (χ2v) is 8.73. The first-order valence-corrected chi connectivity index (χ1v) is 9.90. The number of aromatic nitrogens is 2. The Labute approximate surface area is 149 Å². The minimum atomic E-state index is -0.0174. The standard InChI is InChI=1S/C21H27N3O/c25-20(21-11-15-8-16(12-21)10-17(9-15)13-21)22-6-3-7-24-14-23-18-4-1-2-5-19(18)24/h1-2,4-5,14-17H,3,6-13H2,(H,22,25). The third kappa shape index (κ3) is 2.66. The molecule has 0 unspecified atom stereocenters. The molecule has 0 aliphatic heterocycles. The van der Waals surface area contributed by atoms with Crippen LogP contribution in [-0.4, -0.2) is 22.0 Å². The Morgan fingerprint density at radius 1 is 1.12 bits per heavy atom. The number of para-hydroxylation sites is 2. The van der Waals surface area contributed by atoms with Crippen molar-refractivity contribution in [1.29, 1.82) is 0 Å². The van der Waals surface area contributed by atoms with E-state index in [1.807, 2.05) is 18.5 Å². The van der Waals surface area contributed by atoms with Crippen molar-refractivity contribution in [2.75, 3.05) is 6.54 Å². The molecule has 4 aliphatic rings. The van der Waals surface area contributed by atoms with Crippen LogP contribution in [0.4, 0.5) is 0 Å². The van der Waals surface area contributed by atoms with Crippen LogP contribution in [0.15, 0.2) is 30.6 Å². The molecule has 0 saturated heterocycles. The van der Waals surface area contributed by atoms with Gasteiger partial charge in [-0.25, -0.2) is 4.98 Å². The third-order valence-corrected chi connectivity index (χ3v) is 6.91. The highest BCUT2D eigenvalue weighted by atomic mass is 16.2. The highest BCUT2D eigenvalue weighted by molar-refractivity contribution is 5.83. The van der Waals surface area contributed by atoms with E-state index in [1.165, 1.54) is 24.8 Å². The summed E-state index contributed by atoms with van der Waals surface area (Å²) >= 11 is 0. The Bertz CT molecular complexity index is 758. The maximum atomic E-state index is 12.9. The summed E-state index contributed by atoms with van der Waals surface area (Å²) in [5.74, 6) is 2.83. The van der Waals surface area contributed by atoms with Crippen LogP contribution in [0.3, 0.4) is 0 Å². The molecule has 4 fully saturated rings. The van der Waals surface area contributed by atoms with Crippen molar-refractivity contribution in [3.63, 3.8) is 0 Å². The number of hydrogen-bond acceptors (Lipinski definition) is 2. The van der Waals surface area contributed by atoms with Gasteiger partial charge in [-0.05, 0) is 74.8 Å². The summed E-state index contributed by atoms with van der Waals surface area (Å²) in [6.07, 6.45) is 10.5. The topological polar surface area (TPSA) is 46.9 Å². The molecule has 4 aliphatic carbocycles. The van der Waals surface area contributed by atoms with Gasteiger partial charge in [0.2, 0.25) is 5.91 Å². The number of rotatable bonds is 5. The minimum Gasteiger partial charge on any atom is -0.356 e. The Kier molecular flexibility index (Phi) is 3.61. The summed E-state index contributed by atoms with van der Waals surface area (Å²) < 4.78 is 2.19. The quantitative estimate of drug-likeness (QED) is 0.845. The lowest BCUT2D eigenvalue weighted by Crippen LogP contribution is -2.53. The molecule has 0 radical (unpaired) electrons. The summed E-state index contributed by atoms with van der Waals surface area (Å²) in [6, 6.07) is 8.22. The van der Waals surface area contributed by atoms with Crippen molar-refractivity contribution in [2.45, 2.75) is 51.5 Å². The molecule has 4 nitrogen and oxygen atoms in total. The van der Waals surface area contributed by atoms with Gasteiger partial charge in [0.15, 0.2) is 0 Å². The molecule has 1 N–H and O–H groups in total. The number of benzene rings is 1. The maximum absolute atomic E-state index is 12.9. The second kappa shape index (κ2) is 5.86. The number of imidazole rings is 1. The molecular formula is C21H27N3O. The number of fused-ring (bicyclic) bond motifs is 1. The number of carbonyl (C=O) groups is 1. The maximum Gasteiger partial charge on any atom is 0.226 e. The van der Waals surface area contributed by atoms with Gasteiger partial charge in [0.1, 0.15) is 0 Å². The molecule has 1 heterocycles. The lowest BCUT2D eigenvalue weighted by atomic mass is 9.49. The molecule has 0 spiro atoms. The summed E-state index contributed by atoms with van der Waals surface area (Å²) in [6.45, 7) is 1.68. The molecule has 4 bridgehead atoms. The predicted molar refractivity (Wildman–Crippen MR) is 98.0 cm³/mol. The lowest BCUT2D eigenvalue weighted by molar-refractivity contribution is -0.146. The van der Waals surface area contributed by atoms with Gasteiger partial charge in [-0.1, -0.05) is 12.1 Å². The first-order chi connectivity index (χ1) is 12.2. The molecule has 4 heteroatoms. The average Bonchev–Trinajstić information content (AvgIpc) is 3.00. The number of nitrogens with one attached hydrogen (secondary N) is 1. The SMILES string of the molecule is O=C(NCCCn1cnc2ccccc21)C12CC3CC(CC(C3)C1)C2. The van der Waals surface area contributed by atoms with E-state index in [1.54, 1.807) is 0 Å². The zero-order valence-electron chi connectivity index (χ0n) is 14.8. The van der Waals surface area contributed by atoms with Gasteiger partial charge in [0, 0.05) is 18.5 Å². The van der Waals surface area contributed by atoms with E-state index in [0.717, 1.165) is 62.0 Å². The Morgan fingerprint density at radius 3 is 2.52 bits per heavy atom. The van der Waals surface area contributed by atoms with Crippen LogP contribution >= 0.6 is 0 Å². The van der Waals surface area contributed by atoms with E-state index in [4.69, 9.17) is 0 Å². The number of carbonyl (C=O) groups excluding carboxylic acids is 1. The Balaban J connectivity index is 1.17. The van der Waals surface area contributed by atoms with Gasteiger partial charge < -0.3 is 9.88 Å². The highest BCUT2D eigenvalue weighted by Gasteiger charge is 2.54. The summed E-state index contributed by atoms with van der Waals surface area (Å²) in [5.41, 5.74) is 2.20. The van der Waals surface area contributed by atoms with Crippen molar-refractivity contribution < 1.29 is 4.79 Å². The fourth-order valence-electron chi connectivity index (χ4n) is 6.22. The first kappa shape index (κ1) is 15.4. The molecule has 2 aromatic rings. The minimum absolute atomic E-state index is 0.0174. The van der Waals surface area contributed by atoms with E-state index in [-0.39, 0.29) is 5.41 Å². The number of amides is 1. The van der Waals surface area contributed by atoms with E-state index < -0.39 is 0 Å². The predicted octanol–water partition coefficient (Wildman–Crippen LogP) is 3.76. The smallest absolute Gasteiger partial charge is 0.226 e. The van der Waals surface area contributed by atoms with E-state index in [9.17, 15) is 4.79 Å². The summed E-state index contributed by atoms with van der Waals surface area (Å²) in [7, 11) is 0. The van der Waals surface area contributed by atoms with Gasteiger partial charge >= 0.3 is 0 Å². The molecular weight excluding hydrogens is 310 g/mol. The van der Waals surface area contributed by atoms with Crippen LogP contribution in [-0.2, 0) is 11.3 Å². The van der Waals surface area contributed by atoms with Crippen molar-refractivity contribution in [3.8, 4) is 0 Å². The van der Waals surface area contributed by atoms with Gasteiger partial charge in [0.05, 0.1) is 17.4 Å². The zero-order chi connectivity index (χ0) is 16.9. The number of hydrogen-bond donors (Lipinski definition) is 1. The van der Waals surface area contributed by atoms with Gasteiger partial charge in [0.25, 0.3) is 0 Å². The number of aryl methyl sites for hydroxylation is 1. The average molecular weight is 337 g/mol. The number of nitrogens with zero attached hydrogens (tertiary/aromatic N) is 2. The van der Waals surface area contributed by atoms with E-state index in [2.05, 4.69) is 27.0 Å². The molecule has 6 rings (SSSR count). The van der Waals surface area contributed by atoms with Crippen LogP contribution in [0.1, 0.15) is 44.9 Å². The normalized spacial score (nSPS) is 33.0. The highest BCUT2D eigenvalue weighted by Crippen LogP contribution is 2.60. The van der Waals surface area contributed by atoms with Gasteiger partial charge in [-0.3, -0.25) is 4.79 Å². The molecule has 0 atom stereocenters. The van der Waals surface area contributed by atoms with Gasteiger partial charge in [-0.15, -0.1) is 0 Å². The van der Waals surface area contributed by atoms with Crippen molar-refractivity contribution >= 4 is 16.9 Å².